The highest BCUT2D eigenvalue weighted by Crippen LogP contribution is 2.40. The van der Waals surface area contributed by atoms with E-state index in [1.807, 2.05) is 31.2 Å². The Morgan fingerprint density at radius 3 is 2.57 bits per heavy atom. The van der Waals surface area contributed by atoms with Crippen LogP contribution < -0.4 is 4.74 Å². The number of carbonyl (C=O) groups is 2. The van der Waals surface area contributed by atoms with Crippen molar-refractivity contribution in [2.24, 2.45) is 5.92 Å². The molecule has 0 aliphatic carbocycles. The van der Waals surface area contributed by atoms with Gasteiger partial charge in [-0.05, 0) is 60.7 Å². The average molecular weight is 572 g/mol. The first-order valence-corrected chi connectivity index (χ1v) is 13.6. The summed E-state index contributed by atoms with van der Waals surface area (Å²) < 4.78 is 12.1. The van der Waals surface area contributed by atoms with Crippen LogP contribution in [-0.2, 0) is 14.3 Å². The fraction of sp³-hybridized carbons (Fsp3) is 0.448. The molecule has 7 nitrogen and oxygen atoms in total. The third-order valence-electron chi connectivity index (χ3n) is 6.70. The number of carbonyl (C=O) groups excluding carboxylic acids is 2. The van der Waals surface area contributed by atoms with Gasteiger partial charge in [0.2, 0.25) is 0 Å². The summed E-state index contributed by atoms with van der Waals surface area (Å²) in [5.74, 6) is -0.291. The number of hydrogen-bond acceptors (Lipinski definition) is 6. The van der Waals surface area contributed by atoms with Crippen LogP contribution in [0.25, 0.3) is 5.76 Å². The highest BCUT2D eigenvalue weighted by molar-refractivity contribution is 9.10. The van der Waals surface area contributed by atoms with Crippen molar-refractivity contribution < 1.29 is 24.2 Å². The van der Waals surface area contributed by atoms with E-state index >= 15 is 0 Å². The maximum atomic E-state index is 13.3. The lowest BCUT2D eigenvalue weighted by Crippen LogP contribution is -2.38. The average Bonchev–Trinajstić information content (AvgIpc) is 3.13. The molecule has 0 spiro atoms. The van der Waals surface area contributed by atoms with Crippen LogP contribution in [-0.4, -0.2) is 72.6 Å². The van der Waals surface area contributed by atoms with Gasteiger partial charge in [-0.3, -0.25) is 14.5 Å². The number of aliphatic hydroxyl groups excluding tert-OH is 1. The second kappa shape index (κ2) is 12.2. The molecule has 2 heterocycles. The van der Waals surface area contributed by atoms with Gasteiger partial charge >= 0.3 is 0 Å². The second-order valence-electron chi connectivity index (χ2n) is 10.0. The Morgan fingerprint density at radius 1 is 1.14 bits per heavy atom. The van der Waals surface area contributed by atoms with Crippen LogP contribution in [0.2, 0.25) is 0 Å². The molecule has 4 rings (SSSR count). The van der Waals surface area contributed by atoms with Crippen LogP contribution in [0.15, 0.2) is 52.5 Å². The van der Waals surface area contributed by atoms with Crippen LogP contribution >= 0.6 is 15.9 Å². The minimum atomic E-state index is -0.667. The van der Waals surface area contributed by atoms with Gasteiger partial charge in [0.15, 0.2) is 0 Å². The van der Waals surface area contributed by atoms with Gasteiger partial charge < -0.3 is 19.5 Å². The monoisotopic (exact) mass is 570 g/mol. The molecule has 0 aromatic heterocycles. The van der Waals surface area contributed by atoms with E-state index in [1.54, 1.807) is 23.1 Å². The highest BCUT2D eigenvalue weighted by atomic mass is 79.9. The zero-order valence-electron chi connectivity index (χ0n) is 21.7. The molecule has 0 bridgehead atoms. The molecule has 2 aromatic rings. The minimum Gasteiger partial charge on any atom is -0.507 e. The highest BCUT2D eigenvalue weighted by Gasteiger charge is 2.45. The number of aliphatic hydroxyl groups is 1. The molecule has 2 fully saturated rings. The summed E-state index contributed by atoms with van der Waals surface area (Å²) in [4.78, 5) is 30.5. The van der Waals surface area contributed by atoms with E-state index in [0.29, 0.717) is 37.8 Å². The first-order valence-electron chi connectivity index (χ1n) is 12.8. The van der Waals surface area contributed by atoms with Crippen LogP contribution in [0.3, 0.4) is 0 Å². The number of nitrogens with zero attached hydrogens (tertiary/aromatic N) is 2. The maximum Gasteiger partial charge on any atom is 0.295 e. The maximum absolute atomic E-state index is 13.3. The van der Waals surface area contributed by atoms with Gasteiger partial charge in [0, 0.05) is 36.2 Å². The van der Waals surface area contributed by atoms with Crippen molar-refractivity contribution in [1.29, 1.82) is 0 Å². The van der Waals surface area contributed by atoms with Gasteiger partial charge in [-0.1, -0.05) is 41.9 Å². The molecule has 2 aliphatic rings. The van der Waals surface area contributed by atoms with Gasteiger partial charge in [-0.25, -0.2) is 0 Å². The number of rotatable bonds is 9. The topological polar surface area (TPSA) is 79.3 Å². The SMILES string of the molecule is Cc1cc(/C(O)=C2\C(=O)C(=O)N(CCCN3CCOCC3)[C@H]2c2cccc(Br)c2)ccc1OCC(C)C. The molecule has 1 N–H and O–H groups in total. The van der Waals surface area contributed by atoms with Gasteiger partial charge in [0.1, 0.15) is 11.5 Å². The quantitative estimate of drug-likeness (QED) is 0.261. The summed E-state index contributed by atoms with van der Waals surface area (Å²) >= 11 is 3.51. The molecular formula is C29H35BrN2O5. The number of aryl methyl sites for hydroxylation is 1. The van der Waals surface area contributed by atoms with Crippen molar-refractivity contribution in [3.63, 3.8) is 0 Å². The molecule has 2 aliphatic heterocycles. The normalized spacial score (nSPS) is 20.1. The third kappa shape index (κ3) is 6.43. The van der Waals surface area contributed by atoms with Crippen molar-refractivity contribution in [2.75, 3.05) is 46.0 Å². The molecule has 0 radical (unpaired) electrons. The van der Waals surface area contributed by atoms with Gasteiger partial charge in [-0.15, -0.1) is 0 Å². The number of ether oxygens (including phenoxy) is 2. The number of amides is 1. The Labute approximate surface area is 227 Å². The third-order valence-corrected chi connectivity index (χ3v) is 7.20. The molecule has 2 aromatic carbocycles. The van der Waals surface area contributed by atoms with Crippen LogP contribution in [0.5, 0.6) is 5.75 Å². The van der Waals surface area contributed by atoms with Crippen molar-refractivity contribution in [3.05, 3.63) is 69.2 Å². The predicted octanol–water partition coefficient (Wildman–Crippen LogP) is 4.94. The van der Waals surface area contributed by atoms with Crippen molar-refractivity contribution in [1.82, 2.24) is 9.80 Å². The number of morpholine rings is 1. The molecule has 0 unspecified atom stereocenters. The van der Waals surface area contributed by atoms with E-state index in [-0.39, 0.29) is 11.3 Å². The van der Waals surface area contributed by atoms with Gasteiger partial charge in [-0.2, -0.15) is 0 Å². The van der Waals surface area contributed by atoms with Crippen LogP contribution in [0.1, 0.15) is 43.0 Å². The zero-order valence-corrected chi connectivity index (χ0v) is 23.3. The Bertz CT molecular complexity index is 1170. The summed E-state index contributed by atoms with van der Waals surface area (Å²) in [5.41, 5.74) is 2.23. The predicted molar refractivity (Wildman–Crippen MR) is 147 cm³/mol. The second-order valence-corrected chi connectivity index (χ2v) is 11.0. The van der Waals surface area contributed by atoms with E-state index in [0.717, 1.165) is 47.4 Å². The molecule has 37 heavy (non-hydrogen) atoms. The molecule has 0 saturated carbocycles. The molecule has 1 amide bonds. The largest absolute Gasteiger partial charge is 0.507 e. The molecule has 8 heteroatoms. The van der Waals surface area contributed by atoms with E-state index in [4.69, 9.17) is 9.47 Å². The number of benzene rings is 2. The Balaban J connectivity index is 1.66. The fourth-order valence-corrected chi connectivity index (χ4v) is 5.21. The smallest absolute Gasteiger partial charge is 0.295 e. The minimum absolute atomic E-state index is 0.115. The van der Waals surface area contributed by atoms with Gasteiger partial charge in [0.05, 0.1) is 31.4 Å². The van der Waals surface area contributed by atoms with Gasteiger partial charge in [0.25, 0.3) is 11.7 Å². The summed E-state index contributed by atoms with van der Waals surface area (Å²) in [6, 6.07) is 12.2. The zero-order chi connectivity index (χ0) is 26.5. The number of halogens is 1. The lowest BCUT2D eigenvalue weighted by atomic mass is 9.94. The van der Waals surface area contributed by atoms with Crippen molar-refractivity contribution in [3.8, 4) is 5.75 Å². The summed E-state index contributed by atoms with van der Waals surface area (Å²) in [5, 5.41) is 11.4. The van der Waals surface area contributed by atoms with E-state index in [2.05, 4.69) is 34.7 Å². The van der Waals surface area contributed by atoms with E-state index < -0.39 is 17.7 Å². The summed E-state index contributed by atoms with van der Waals surface area (Å²) in [6.07, 6.45) is 0.721. The number of hydrogen-bond donors (Lipinski definition) is 1. The Hall–Kier alpha value is -2.68. The van der Waals surface area contributed by atoms with E-state index in [1.165, 1.54) is 0 Å². The Kier molecular flexibility index (Phi) is 9.05. The number of likely N-dealkylation sites (tertiary alicyclic amines) is 1. The molecule has 1 atom stereocenters. The molecular weight excluding hydrogens is 536 g/mol. The van der Waals surface area contributed by atoms with Crippen molar-refractivity contribution >= 4 is 33.4 Å². The lowest BCUT2D eigenvalue weighted by Gasteiger charge is -2.29. The molecule has 198 valence electrons. The summed E-state index contributed by atoms with van der Waals surface area (Å²) in [7, 11) is 0. The standard InChI is InChI=1S/C29H35BrN2O5/c1-19(2)18-37-24-9-8-22(16-20(24)3)27(33)25-26(21-6-4-7-23(30)17-21)32(29(35)28(25)34)11-5-10-31-12-14-36-15-13-31/h4,6-9,16-17,19,26,33H,5,10-15,18H2,1-3H3/b27-25+/t26-/m0/s1. The Morgan fingerprint density at radius 2 is 1.89 bits per heavy atom. The number of ketones is 1. The van der Waals surface area contributed by atoms with E-state index in [9.17, 15) is 14.7 Å². The number of Topliss-reactive ketones (excluding diaryl/α,β-unsaturated/α-hetero) is 1. The molecule has 2 saturated heterocycles. The van der Waals surface area contributed by atoms with Crippen molar-refractivity contribution in [2.45, 2.75) is 33.2 Å². The summed E-state index contributed by atoms with van der Waals surface area (Å²) in [6.45, 7) is 11.0. The lowest BCUT2D eigenvalue weighted by molar-refractivity contribution is -0.140. The fourth-order valence-electron chi connectivity index (χ4n) is 4.79. The first-order chi connectivity index (χ1) is 17.8. The van der Waals surface area contributed by atoms with Crippen LogP contribution in [0, 0.1) is 12.8 Å². The first kappa shape index (κ1) is 27.4. The van der Waals surface area contributed by atoms with Crippen LogP contribution in [0.4, 0.5) is 0 Å².